The maximum Gasteiger partial charge on any atom is 0.194 e. The lowest BCUT2D eigenvalue weighted by atomic mass is 9.64. The zero-order valence-corrected chi connectivity index (χ0v) is 15.9. The van der Waals surface area contributed by atoms with Gasteiger partial charge < -0.3 is 15.0 Å². The summed E-state index contributed by atoms with van der Waals surface area (Å²) in [4.78, 5) is 10.8. The minimum Gasteiger partial charge on any atom is -0.378 e. The molecule has 0 bridgehead atoms. The third-order valence-corrected chi connectivity index (χ3v) is 5.06. The fourth-order valence-electron chi connectivity index (χ4n) is 3.03. The summed E-state index contributed by atoms with van der Waals surface area (Å²) < 4.78 is 7.81. The number of aliphatic imine (C=N–C) groups is 1. The predicted molar refractivity (Wildman–Crippen MR) is 95.8 cm³/mol. The van der Waals surface area contributed by atoms with Crippen molar-refractivity contribution >= 4 is 5.96 Å². The second-order valence-corrected chi connectivity index (χ2v) is 7.17. The molecule has 136 valence electrons. The number of rotatable bonds is 7. The van der Waals surface area contributed by atoms with Gasteiger partial charge in [0.2, 0.25) is 0 Å². The Labute approximate surface area is 145 Å². The lowest BCUT2D eigenvalue weighted by Gasteiger charge is -2.52. The molecule has 1 saturated carbocycles. The standard InChI is InChI=1S/C17H32N6O/c1-7-8-9-24-14-10-13(17(14,2)3)21-16(18-4)22(5)11-15-19-12-20-23(15)6/h12-14H,7-11H2,1-6H3,(H,18,21). The van der Waals surface area contributed by atoms with Crippen LogP contribution in [0.3, 0.4) is 0 Å². The van der Waals surface area contributed by atoms with Crippen LogP contribution in [0.2, 0.25) is 0 Å². The Balaban J connectivity index is 1.88. The lowest BCUT2D eigenvalue weighted by molar-refractivity contribution is -0.114. The highest BCUT2D eigenvalue weighted by atomic mass is 16.5. The van der Waals surface area contributed by atoms with Gasteiger partial charge in [0.15, 0.2) is 5.96 Å². The number of aryl methyl sites for hydroxylation is 1. The van der Waals surface area contributed by atoms with Gasteiger partial charge >= 0.3 is 0 Å². The molecule has 7 heteroatoms. The van der Waals surface area contributed by atoms with E-state index in [4.69, 9.17) is 4.74 Å². The van der Waals surface area contributed by atoms with E-state index in [0.717, 1.165) is 31.2 Å². The molecule has 0 spiro atoms. The molecule has 2 unspecified atom stereocenters. The molecule has 0 aliphatic heterocycles. The number of unbranched alkanes of at least 4 members (excludes halogenated alkanes) is 1. The van der Waals surface area contributed by atoms with E-state index >= 15 is 0 Å². The summed E-state index contributed by atoms with van der Waals surface area (Å²) in [5.41, 5.74) is 0.106. The van der Waals surface area contributed by atoms with Crippen LogP contribution >= 0.6 is 0 Å². The average Bonchev–Trinajstić information content (AvgIpc) is 2.94. The van der Waals surface area contributed by atoms with Gasteiger partial charge in [0, 0.05) is 39.2 Å². The summed E-state index contributed by atoms with van der Waals surface area (Å²) in [5, 5.41) is 7.70. The zero-order valence-electron chi connectivity index (χ0n) is 15.9. The molecule has 1 aromatic heterocycles. The van der Waals surface area contributed by atoms with Crippen molar-refractivity contribution in [2.75, 3.05) is 20.7 Å². The van der Waals surface area contributed by atoms with Crippen LogP contribution in [-0.4, -0.2) is 58.5 Å². The first-order valence-electron chi connectivity index (χ1n) is 8.79. The molecule has 24 heavy (non-hydrogen) atoms. The van der Waals surface area contributed by atoms with Crippen molar-refractivity contribution < 1.29 is 4.74 Å². The van der Waals surface area contributed by atoms with Gasteiger partial charge in [-0.05, 0) is 12.8 Å². The van der Waals surface area contributed by atoms with E-state index in [9.17, 15) is 0 Å². The second-order valence-electron chi connectivity index (χ2n) is 7.17. The van der Waals surface area contributed by atoms with E-state index in [1.165, 1.54) is 6.42 Å². The van der Waals surface area contributed by atoms with Crippen LogP contribution in [0, 0.1) is 5.41 Å². The molecule has 1 aliphatic rings. The first-order chi connectivity index (χ1) is 11.4. The summed E-state index contributed by atoms with van der Waals surface area (Å²) in [6.45, 7) is 8.25. The van der Waals surface area contributed by atoms with Gasteiger partial charge in [0.1, 0.15) is 12.2 Å². The Kier molecular flexibility index (Phi) is 6.21. The van der Waals surface area contributed by atoms with Gasteiger partial charge in [-0.3, -0.25) is 9.67 Å². The van der Waals surface area contributed by atoms with Crippen molar-refractivity contribution in [3.63, 3.8) is 0 Å². The van der Waals surface area contributed by atoms with E-state index in [-0.39, 0.29) is 5.41 Å². The Bertz CT molecular complexity index is 553. The van der Waals surface area contributed by atoms with Gasteiger partial charge in [0.05, 0.1) is 12.6 Å². The highest BCUT2D eigenvalue weighted by molar-refractivity contribution is 5.80. The summed E-state index contributed by atoms with van der Waals surface area (Å²) in [5.74, 6) is 1.79. The van der Waals surface area contributed by atoms with Crippen molar-refractivity contribution in [1.29, 1.82) is 0 Å². The topological polar surface area (TPSA) is 67.6 Å². The molecule has 0 amide bonds. The normalized spacial score (nSPS) is 23.0. The van der Waals surface area contributed by atoms with Crippen LogP contribution < -0.4 is 5.32 Å². The maximum absolute atomic E-state index is 6.03. The van der Waals surface area contributed by atoms with Crippen molar-refractivity contribution in [3.05, 3.63) is 12.2 Å². The van der Waals surface area contributed by atoms with Gasteiger partial charge in [0.25, 0.3) is 0 Å². The molecule has 2 rings (SSSR count). The minimum absolute atomic E-state index is 0.106. The molecule has 7 nitrogen and oxygen atoms in total. The molecule has 1 aliphatic carbocycles. The molecule has 1 heterocycles. The van der Waals surface area contributed by atoms with Crippen LogP contribution in [0.15, 0.2) is 11.3 Å². The SMILES string of the molecule is CCCCOC1CC(NC(=NC)N(C)Cc2ncnn2C)C1(C)C. The number of aromatic nitrogens is 3. The number of hydrogen-bond acceptors (Lipinski definition) is 4. The van der Waals surface area contributed by atoms with Crippen molar-refractivity contribution in [1.82, 2.24) is 25.0 Å². The van der Waals surface area contributed by atoms with Crippen LogP contribution in [0.4, 0.5) is 0 Å². The first-order valence-corrected chi connectivity index (χ1v) is 8.79. The number of hydrogen-bond donors (Lipinski definition) is 1. The van der Waals surface area contributed by atoms with E-state index in [0.29, 0.717) is 18.7 Å². The molecule has 0 saturated heterocycles. The van der Waals surface area contributed by atoms with Crippen LogP contribution in [0.5, 0.6) is 0 Å². The molecule has 0 radical (unpaired) electrons. The Morgan fingerprint density at radius 2 is 2.29 bits per heavy atom. The lowest BCUT2D eigenvalue weighted by Crippen LogP contribution is -2.63. The minimum atomic E-state index is 0.106. The largest absolute Gasteiger partial charge is 0.378 e. The van der Waals surface area contributed by atoms with Gasteiger partial charge in [-0.2, -0.15) is 5.10 Å². The highest BCUT2D eigenvalue weighted by Crippen LogP contribution is 2.42. The number of ether oxygens (including phenoxy) is 1. The molecule has 1 N–H and O–H groups in total. The van der Waals surface area contributed by atoms with Gasteiger partial charge in [-0.15, -0.1) is 0 Å². The van der Waals surface area contributed by atoms with Crippen LogP contribution in [0.1, 0.15) is 45.9 Å². The van der Waals surface area contributed by atoms with Crippen molar-refractivity contribution in [2.45, 2.75) is 58.7 Å². The predicted octanol–water partition coefficient (Wildman–Crippen LogP) is 1.81. The van der Waals surface area contributed by atoms with Crippen molar-refractivity contribution in [3.8, 4) is 0 Å². The zero-order chi connectivity index (χ0) is 17.7. The summed E-state index contributed by atoms with van der Waals surface area (Å²) >= 11 is 0. The molecule has 2 atom stereocenters. The Morgan fingerprint density at radius 3 is 2.83 bits per heavy atom. The van der Waals surface area contributed by atoms with Crippen LogP contribution in [-0.2, 0) is 18.3 Å². The smallest absolute Gasteiger partial charge is 0.194 e. The summed E-state index contributed by atoms with van der Waals surface area (Å²) in [6, 6.07) is 0.366. The Hall–Kier alpha value is -1.63. The van der Waals surface area contributed by atoms with Gasteiger partial charge in [-0.25, -0.2) is 4.98 Å². The first kappa shape index (κ1) is 18.7. The summed E-state index contributed by atoms with van der Waals surface area (Å²) in [7, 11) is 5.74. The summed E-state index contributed by atoms with van der Waals surface area (Å²) in [6.07, 6.45) is 5.23. The van der Waals surface area contributed by atoms with E-state index < -0.39 is 0 Å². The average molecular weight is 336 g/mol. The number of guanidine groups is 1. The number of nitrogens with zero attached hydrogens (tertiary/aromatic N) is 5. The van der Waals surface area contributed by atoms with E-state index in [1.807, 2.05) is 21.1 Å². The van der Waals surface area contributed by atoms with E-state index in [1.54, 1.807) is 11.0 Å². The highest BCUT2D eigenvalue weighted by Gasteiger charge is 2.49. The monoisotopic (exact) mass is 336 g/mol. The maximum atomic E-state index is 6.03. The van der Waals surface area contributed by atoms with Crippen LogP contribution in [0.25, 0.3) is 0 Å². The molecular weight excluding hydrogens is 304 g/mol. The van der Waals surface area contributed by atoms with Gasteiger partial charge in [-0.1, -0.05) is 27.2 Å². The van der Waals surface area contributed by atoms with E-state index in [2.05, 4.69) is 46.1 Å². The third-order valence-electron chi connectivity index (χ3n) is 5.06. The fraction of sp³-hybridized carbons (Fsp3) is 0.824. The fourth-order valence-corrected chi connectivity index (χ4v) is 3.03. The molecule has 1 aromatic rings. The Morgan fingerprint density at radius 1 is 1.54 bits per heavy atom. The molecule has 1 fully saturated rings. The third kappa shape index (κ3) is 4.06. The molecular formula is C17H32N6O. The quantitative estimate of drug-likeness (QED) is 0.467. The van der Waals surface area contributed by atoms with Crippen molar-refractivity contribution in [2.24, 2.45) is 17.5 Å². The second kappa shape index (κ2) is 7.96. The number of nitrogens with one attached hydrogen (secondary N) is 1. The molecule has 0 aromatic carbocycles.